The van der Waals surface area contributed by atoms with Crippen molar-refractivity contribution in [1.82, 2.24) is 0 Å². The van der Waals surface area contributed by atoms with E-state index in [0.29, 0.717) is 18.9 Å². The highest BCUT2D eigenvalue weighted by atomic mass is 16.6. The quantitative estimate of drug-likeness (QED) is 0.494. The van der Waals surface area contributed by atoms with E-state index < -0.39 is 0 Å². The third-order valence-corrected chi connectivity index (χ3v) is 8.19. The van der Waals surface area contributed by atoms with Crippen molar-refractivity contribution in [3.05, 3.63) is 12.7 Å². The first-order chi connectivity index (χ1) is 13.4. The van der Waals surface area contributed by atoms with Gasteiger partial charge in [-0.1, -0.05) is 26.3 Å². The molecule has 1 saturated heterocycles. The number of ether oxygens (including phenoxy) is 3. The fourth-order valence-electron chi connectivity index (χ4n) is 7.26. The van der Waals surface area contributed by atoms with Gasteiger partial charge in [0.2, 0.25) is 0 Å². The molecule has 0 bridgehead atoms. The molecule has 3 aliphatic rings. The lowest BCUT2D eigenvalue weighted by Gasteiger charge is -2.66. The summed E-state index contributed by atoms with van der Waals surface area (Å²) in [6, 6.07) is 0. The second-order valence-corrected chi connectivity index (χ2v) is 10.6. The van der Waals surface area contributed by atoms with Crippen LogP contribution in [-0.2, 0) is 23.8 Å². The van der Waals surface area contributed by atoms with Gasteiger partial charge in [-0.15, -0.1) is 6.58 Å². The Balaban J connectivity index is 2.03. The van der Waals surface area contributed by atoms with Gasteiger partial charge in [0.15, 0.2) is 0 Å². The van der Waals surface area contributed by atoms with Crippen molar-refractivity contribution in [3.8, 4) is 0 Å². The molecule has 7 atom stereocenters. The van der Waals surface area contributed by atoms with Gasteiger partial charge in [0, 0.05) is 31.6 Å². The first-order valence-corrected chi connectivity index (χ1v) is 11.0. The van der Waals surface area contributed by atoms with Crippen LogP contribution in [0, 0.1) is 22.7 Å². The van der Waals surface area contributed by atoms with Crippen LogP contribution < -0.4 is 0 Å². The molecule has 0 spiro atoms. The highest BCUT2D eigenvalue weighted by Gasteiger charge is 2.66. The molecule has 3 fully saturated rings. The molecule has 0 aromatic rings. The molecule has 0 N–H and O–H groups in total. The summed E-state index contributed by atoms with van der Waals surface area (Å²) < 4.78 is 18.2. The summed E-state index contributed by atoms with van der Waals surface area (Å²) in [4.78, 5) is 23.6. The lowest BCUT2D eigenvalue weighted by molar-refractivity contribution is -0.284. The monoisotopic (exact) mass is 406 g/mol. The van der Waals surface area contributed by atoms with Crippen molar-refractivity contribution in [2.45, 2.75) is 97.4 Å². The van der Waals surface area contributed by atoms with E-state index in [9.17, 15) is 9.59 Å². The number of hydrogen-bond donors (Lipinski definition) is 0. The minimum absolute atomic E-state index is 0.0528. The molecular weight excluding hydrogens is 368 g/mol. The van der Waals surface area contributed by atoms with Gasteiger partial charge in [0.1, 0.15) is 6.10 Å². The predicted molar refractivity (Wildman–Crippen MR) is 111 cm³/mol. The molecule has 5 nitrogen and oxygen atoms in total. The van der Waals surface area contributed by atoms with Gasteiger partial charge >= 0.3 is 11.9 Å². The lowest BCUT2D eigenvalue weighted by Crippen LogP contribution is -2.68. The first-order valence-electron chi connectivity index (χ1n) is 11.0. The van der Waals surface area contributed by atoms with Crippen LogP contribution in [0.2, 0.25) is 0 Å². The van der Waals surface area contributed by atoms with Crippen LogP contribution in [0.25, 0.3) is 0 Å². The van der Waals surface area contributed by atoms with Crippen molar-refractivity contribution in [3.63, 3.8) is 0 Å². The van der Waals surface area contributed by atoms with Crippen molar-refractivity contribution in [2.75, 3.05) is 6.61 Å². The number of carbonyl (C=O) groups is 2. The van der Waals surface area contributed by atoms with Gasteiger partial charge in [-0.05, 0) is 50.9 Å². The molecular formula is C24H38O5. The average molecular weight is 407 g/mol. The van der Waals surface area contributed by atoms with Gasteiger partial charge in [-0.25, -0.2) is 0 Å². The minimum Gasteiger partial charge on any atom is -0.465 e. The Labute approximate surface area is 175 Å². The van der Waals surface area contributed by atoms with Crippen LogP contribution in [0.15, 0.2) is 12.7 Å². The van der Waals surface area contributed by atoms with E-state index in [1.54, 1.807) is 0 Å². The van der Waals surface area contributed by atoms with Crippen molar-refractivity contribution >= 4 is 11.9 Å². The number of carbonyl (C=O) groups excluding carboxylic acids is 2. The predicted octanol–water partition coefficient (Wildman–Crippen LogP) is 4.83. The van der Waals surface area contributed by atoms with E-state index in [4.69, 9.17) is 14.2 Å². The Morgan fingerprint density at radius 1 is 1.10 bits per heavy atom. The molecule has 0 radical (unpaired) electrons. The van der Waals surface area contributed by atoms with Crippen molar-refractivity contribution < 1.29 is 23.8 Å². The minimum atomic E-state index is -0.383. The third kappa shape index (κ3) is 3.87. The van der Waals surface area contributed by atoms with E-state index in [1.165, 1.54) is 13.8 Å². The van der Waals surface area contributed by atoms with Crippen molar-refractivity contribution in [1.29, 1.82) is 0 Å². The highest BCUT2D eigenvalue weighted by Crippen LogP contribution is 2.66. The Morgan fingerprint density at radius 2 is 1.79 bits per heavy atom. The molecule has 0 unspecified atom stereocenters. The zero-order valence-electron chi connectivity index (χ0n) is 19.0. The molecule has 0 aromatic heterocycles. The summed E-state index contributed by atoms with van der Waals surface area (Å²) in [5, 5.41) is 0. The normalized spacial score (nSPS) is 46.8. The smallest absolute Gasteiger partial charge is 0.302 e. The standard InChI is InChI=1S/C24H38O5/c1-8-22(5)13-10-19-23(6)12-9-11-21(4,15-27-16(2)25)20(23)18(28-17(3)26)14-24(19,7)29-22/h8,18-20H,1,9-15H2,2-7H3/t18-,19+,20-,21-,22-,23+,24+/m1/s1. The van der Waals surface area contributed by atoms with Crippen LogP contribution >= 0.6 is 0 Å². The summed E-state index contributed by atoms with van der Waals surface area (Å²) >= 11 is 0. The second kappa shape index (κ2) is 7.40. The molecule has 5 heteroatoms. The van der Waals surface area contributed by atoms with Crippen LogP contribution in [0.4, 0.5) is 0 Å². The fraction of sp³-hybridized carbons (Fsp3) is 0.833. The van der Waals surface area contributed by atoms with E-state index in [-0.39, 0.29) is 46.0 Å². The summed E-state index contributed by atoms with van der Waals surface area (Å²) in [6.45, 7) is 16.1. The molecule has 29 heavy (non-hydrogen) atoms. The number of rotatable bonds is 4. The summed E-state index contributed by atoms with van der Waals surface area (Å²) in [5.74, 6) is -0.0356. The zero-order valence-corrected chi connectivity index (χ0v) is 19.0. The maximum absolute atomic E-state index is 12.1. The van der Waals surface area contributed by atoms with E-state index in [2.05, 4.69) is 34.3 Å². The maximum atomic E-state index is 12.1. The van der Waals surface area contributed by atoms with Crippen LogP contribution in [-0.4, -0.2) is 35.9 Å². The number of fused-ring (bicyclic) bond motifs is 3. The van der Waals surface area contributed by atoms with Gasteiger partial charge in [0.05, 0.1) is 17.8 Å². The topological polar surface area (TPSA) is 61.8 Å². The largest absolute Gasteiger partial charge is 0.465 e. The zero-order chi connectivity index (χ0) is 21.7. The average Bonchev–Trinajstić information content (AvgIpc) is 2.58. The molecule has 3 rings (SSSR count). The molecule has 0 amide bonds. The van der Waals surface area contributed by atoms with E-state index >= 15 is 0 Å². The number of hydrogen-bond acceptors (Lipinski definition) is 5. The van der Waals surface area contributed by atoms with E-state index in [0.717, 1.165) is 32.1 Å². The maximum Gasteiger partial charge on any atom is 0.302 e. The van der Waals surface area contributed by atoms with Crippen LogP contribution in [0.5, 0.6) is 0 Å². The number of esters is 2. The molecule has 1 aliphatic heterocycles. The summed E-state index contributed by atoms with van der Waals surface area (Å²) in [5.41, 5.74) is -1.01. The SMILES string of the molecule is C=C[C@]1(C)CC[C@H]2[C@]3(C)CCC[C@](C)(COC(C)=O)[C@H]3[C@H](OC(C)=O)C[C@]2(C)O1. The van der Waals surface area contributed by atoms with Crippen LogP contribution in [0.3, 0.4) is 0 Å². The van der Waals surface area contributed by atoms with Gasteiger partial charge in [0.25, 0.3) is 0 Å². The Hall–Kier alpha value is -1.36. The summed E-state index contributed by atoms with van der Waals surface area (Å²) in [6.07, 6.45) is 7.42. The van der Waals surface area contributed by atoms with E-state index in [1.807, 2.05) is 6.08 Å². The molecule has 2 aliphatic carbocycles. The first kappa shape index (κ1) is 22.3. The highest BCUT2D eigenvalue weighted by molar-refractivity contribution is 5.66. The second-order valence-electron chi connectivity index (χ2n) is 10.6. The Bertz CT molecular complexity index is 689. The van der Waals surface area contributed by atoms with Gasteiger partial charge in [-0.3, -0.25) is 9.59 Å². The molecule has 1 heterocycles. The van der Waals surface area contributed by atoms with Crippen molar-refractivity contribution in [2.24, 2.45) is 22.7 Å². The van der Waals surface area contributed by atoms with Crippen LogP contribution in [0.1, 0.15) is 80.1 Å². The van der Waals surface area contributed by atoms with Gasteiger partial charge in [-0.2, -0.15) is 0 Å². The fourth-order valence-corrected chi connectivity index (χ4v) is 7.26. The lowest BCUT2D eigenvalue weighted by atomic mass is 9.43. The molecule has 0 aromatic carbocycles. The molecule has 2 saturated carbocycles. The Kier molecular flexibility index (Phi) is 5.70. The van der Waals surface area contributed by atoms with Gasteiger partial charge < -0.3 is 14.2 Å². The third-order valence-electron chi connectivity index (χ3n) is 8.19. The Morgan fingerprint density at radius 3 is 2.38 bits per heavy atom. The summed E-state index contributed by atoms with van der Waals surface area (Å²) in [7, 11) is 0. The molecule has 164 valence electrons.